The lowest BCUT2D eigenvalue weighted by Gasteiger charge is -2.30. The van der Waals surface area contributed by atoms with E-state index in [4.69, 9.17) is 23.2 Å². The average molecular weight is 272 g/mol. The third kappa shape index (κ3) is 2.75. The van der Waals surface area contributed by atoms with Crippen LogP contribution in [0.3, 0.4) is 0 Å². The molecule has 4 heteroatoms. The molecule has 0 fully saturated rings. The number of fused-ring (bicyclic) bond motifs is 1. The molecule has 0 unspecified atom stereocenters. The predicted octanol–water partition coefficient (Wildman–Crippen LogP) is 3.64. The predicted molar refractivity (Wildman–Crippen MR) is 72.1 cm³/mol. The van der Waals surface area contributed by atoms with Crippen molar-refractivity contribution < 1.29 is 4.79 Å². The van der Waals surface area contributed by atoms with Gasteiger partial charge in [0, 0.05) is 18.8 Å². The van der Waals surface area contributed by atoms with Crippen molar-refractivity contribution in [3.8, 4) is 0 Å². The van der Waals surface area contributed by atoms with Crippen molar-refractivity contribution in [1.29, 1.82) is 0 Å². The summed E-state index contributed by atoms with van der Waals surface area (Å²) in [6, 6.07) is 5.82. The number of para-hydroxylation sites is 1. The summed E-state index contributed by atoms with van der Waals surface area (Å²) >= 11 is 11.9. The highest BCUT2D eigenvalue weighted by atomic mass is 35.5. The Bertz CT molecular complexity index is 420. The monoisotopic (exact) mass is 271 g/mol. The molecule has 0 atom stereocenters. The van der Waals surface area contributed by atoms with E-state index in [2.05, 4.69) is 0 Å². The number of carbonyl (C=O) groups is 1. The van der Waals surface area contributed by atoms with E-state index in [0.717, 1.165) is 24.9 Å². The second kappa shape index (κ2) is 5.74. The lowest BCUT2D eigenvalue weighted by molar-refractivity contribution is -0.118. The van der Waals surface area contributed by atoms with Gasteiger partial charge >= 0.3 is 0 Å². The number of unbranched alkanes of at least 4 members (excludes halogenated alkanes) is 1. The number of anilines is 1. The number of benzene rings is 1. The van der Waals surface area contributed by atoms with Gasteiger partial charge in [0.05, 0.1) is 10.7 Å². The summed E-state index contributed by atoms with van der Waals surface area (Å²) in [5, 5.41) is 0.668. The molecule has 17 heavy (non-hydrogen) atoms. The van der Waals surface area contributed by atoms with E-state index in [1.165, 1.54) is 5.56 Å². The summed E-state index contributed by atoms with van der Waals surface area (Å²) in [6.45, 7) is 0.711. The summed E-state index contributed by atoms with van der Waals surface area (Å²) in [4.78, 5) is 13.8. The Kier molecular flexibility index (Phi) is 4.30. The molecule has 1 aliphatic rings. The third-order valence-corrected chi connectivity index (χ3v) is 3.59. The molecular weight excluding hydrogens is 257 g/mol. The quantitative estimate of drug-likeness (QED) is 0.605. The summed E-state index contributed by atoms with van der Waals surface area (Å²) in [6.07, 6.45) is 3.21. The molecule has 1 aromatic rings. The molecule has 0 aliphatic carbocycles. The van der Waals surface area contributed by atoms with Crippen LogP contribution in [0.25, 0.3) is 0 Å². The van der Waals surface area contributed by atoms with Crippen molar-refractivity contribution >= 4 is 34.8 Å². The third-order valence-electron chi connectivity index (χ3n) is 3.01. The van der Waals surface area contributed by atoms with Crippen LogP contribution in [-0.4, -0.2) is 18.3 Å². The summed E-state index contributed by atoms with van der Waals surface area (Å²) in [5.74, 6) is 0.803. The topological polar surface area (TPSA) is 20.3 Å². The van der Waals surface area contributed by atoms with Gasteiger partial charge in [-0.1, -0.05) is 23.7 Å². The molecule has 2 rings (SSSR count). The van der Waals surface area contributed by atoms with Gasteiger partial charge in [0.2, 0.25) is 5.91 Å². The largest absolute Gasteiger partial charge is 0.311 e. The van der Waals surface area contributed by atoms with Crippen LogP contribution in [0, 0.1) is 0 Å². The molecule has 1 heterocycles. The van der Waals surface area contributed by atoms with Gasteiger partial charge in [-0.05, 0) is 30.9 Å². The molecule has 1 aromatic carbocycles. The number of amides is 1. The van der Waals surface area contributed by atoms with Gasteiger partial charge in [-0.25, -0.2) is 0 Å². The Morgan fingerprint density at radius 1 is 1.24 bits per heavy atom. The fraction of sp³-hybridized carbons (Fsp3) is 0.462. The first-order valence-electron chi connectivity index (χ1n) is 5.87. The van der Waals surface area contributed by atoms with Gasteiger partial charge in [0.15, 0.2) is 0 Å². The number of aryl methyl sites for hydroxylation is 1. The highest BCUT2D eigenvalue weighted by Gasteiger charge is 2.25. The molecule has 1 amide bonds. The van der Waals surface area contributed by atoms with Crippen LogP contribution in [0.4, 0.5) is 5.69 Å². The molecule has 0 saturated carbocycles. The van der Waals surface area contributed by atoms with Crippen LogP contribution < -0.4 is 4.90 Å². The number of nitrogens with zero attached hydrogens (tertiary/aromatic N) is 1. The van der Waals surface area contributed by atoms with Crippen LogP contribution in [-0.2, 0) is 11.2 Å². The maximum Gasteiger partial charge on any atom is 0.227 e. The van der Waals surface area contributed by atoms with Crippen molar-refractivity contribution in [2.75, 3.05) is 17.3 Å². The highest BCUT2D eigenvalue weighted by molar-refractivity contribution is 6.34. The van der Waals surface area contributed by atoms with Crippen LogP contribution in [0.2, 0.25) is 5.02 Å². The Hall–Kier alpha value is -0.730. The minimum Gasteiger partial charge on any atom is -0.311 e. The first kappa shape index (κ1) is 12.7. The van der Waals surface area contributed by atoms with Gasteiger partial charge in [0.25, 0.3) is 0 Å². The fourth-order valence-corrected chi connectivity index (χ4v) is 2.65. The Morgan fingerprint density at radius 2 is 2.06 bits per heavy atom. The van der Waals surface area contributed by atoms with Crippen molar-refractivity contribution in [3.63, 3.8) is 0 Å². The van der Waals surface area contributed by atoms with Crippen molar-refractivity contribution in [1.82, 2.24) is 0 Å². The maximum absolute atomic E-state index is 11.9. The molecule has 1 aliphatic heterocycles. The summed E-state index contributed by atoms with van der Waals surface area (Å²) in [5.41, 5.74) is 2.07. The standard InChI is InChI=1S/C13H15Cl2NO/c14-8-1-2-9-16-12(17)7-6-10-4-3-5-11(15)13(10)16/h3-5H,1-2,6-9H2. The number of carbonyl (C=O) groups excluding carboxylic acids is 1. The SMILES string of the molecule is O=C1CCc2cccc(Cl)c2N1CCCCCl. The lowest BCUT2D eigenvalue weighted by Crippen LogP contribution is -2.36. The molecule has 0 bridgehead atoms. The maximum atomic E-state index is 11.9. The highest BCUT2D eigenvalue weighted by Crippen LogP contribution is 2.34. The Labute approximate surface area is 112 Å². The minimum absolute atomic E-state index is 0.167. The summed E-state index contributed by atoms with van der Waals surface area (Å²) in [7, 11) is 0. The number of halogens is 2. The minimum atomic E-state index is 0.167. The molecule has 0 N–H and O–H groups in total. The van der Waals surface area contributed by atoms with E-state index < -0.39 is 0 Å². The zero-order chi connectivity index (χ0) is 12.3. The lowest BCUT2D eigenvalue weighted by atomic mass is 10.0. The summed E-state index contributed by atoms with van der Waals surface area (Å²) < 4.78 is 0. The zero-order valence-corrected chi connectivity index (χ0v) is 11.1. The van der Waals surface area contributed by atoms with Crippen molar-refractivity contribution in [2.45, 2.75) is 25.7 Å². The van der Waals surface area contributed by atoms with Crippen molar-refractivity contribution in [2.24, 2.45) is 0 Å². The Morgan fingerprint density at radius 3 is 2.82 bits per heavy atom. The van der Waals surface area contributed by atoms with E-state index >= 15 is 0 Å². The van der Waals surface area contributed by atoms with E-state index in [9.17, 15) is 4.79 Å². The molecule has 0 saturated heterocycles. The molecular formula is C13H15Cl2NO. The van der Waals surface area contributed by atoms with Crippen LogP contribution in [0.1, 0.15) is 24.8 Å². The van der Waals surface area contributed by atoms with Crippen molar-refractivity contribution in [3.05, 3.63) is 28.8 Å². The van der Waals surface area contributed by atoms with Gasteiger partial charge in [-0.2, -0.15) is 0 Å². The van der Waals surface area contributed by atoms with Gasteiger partial charge in [0.1, 0.15) is 0 Å². The normalized spacial score (nSPS) is 14.9. The first-order chi connectivity index (χ1) is 8.24. The first-order valence-corrected chi connectivity index (χ1v) is 6.79. The van der Waals surface area contributed by atoms with Crippen LogP contribution >= 0.6 is 23.2 Å². The van der Waals surface area contributed by atoms with Crippen LogP contribution in [0.5, 0.6) is 0 Å². The van der Waals surface area contributed by atoms with Gasteiger partial charge in [-0.3, -0.25) is 4.79 Å². The number of hydrogen-bond acceptors (Lipinski definition) is 1. The van der Waals surface area contributed by atoms with Gasteiger partial charge < -0.3 is 4.90 Å². The second-order valence-electron chi connectivity index (χ2n) is 4.19. The van der Waals surface area contributed by atoms with Gasteiger partial charge in [-0.15, -0.1) is 11.6 Å². The van der Waals surface area contributed by atoms with E-state index in [1.54, 1.807) is 0 Å². The molecule has 0 radical (unpaired) electrons. The zero-order valence-electron chi connectivity index (χ0n) is 9.59. The fourth-order valence-electron chi connectivity index (χ4n) is 2.17. The average Bonchev–Trinajstić information content (AvgIpc) is 2.33. The molecule has 0 aromatic heterocycles. The van der Waals surface area contributed by atoms with E-state index in [1.807, 2.05) is 23.1 Å². The molecule has 2 nitrogen and oxygen atoms in total. The molecule has 0 spiro atoms. The smallest absolute Gasteiger partial charge is 0.227 e. The van der Waals surface area contributed by atoms with Crippen LogP contribution in [0.15, 0.2) is 18.2 Å². The van der Waals surface area contributed by atoms with E-state index in [0.29, 0.717) is 23.9 Å². The number of alkyl halides is 1. The Balaban J connectivity index is 2.23. The number of rotatable bonds is 4. The van der Waals surface area contributed by atoms with E-state index in [-0.39, 0.29) is 5.91 Å². The second-order valence-corrected chi connectivity index (χ2v) is 4.97. The number of hydrogen-bond donors (Lipinski definition) is 0. The molecule has 92 valence electrons.